The molecule has 0 radical (unpaired) electrons. The number of unbranched alkanes of at least 4 members (excludes halogenated alkanes) is 1. The number of Topliss-reactive ketones (excluding diaryl/α,β-unsaturated/α-hetero) is 1. The summed E-state index contributed by atoms with van der Waals surface area (Å²) < 4.78 is 3.71. The lowest BCUT2D eigenvalue weighted by Gasteiger charge is -2.10. The van der Waals surface area contributed by atoms with Crippen LogP contribution in [-0.4, -0.2) is 16.1 Å². The summed E-state index contributed by atoms with van der Waals surface area (Å²) in [4.78, 5) is 25.3. The van der Waals surface area contributed by atoms with E-state index in [0.717, 1.165) is 29.2 Å². The van der Waals surface area contributed by atoms with E-state index in [2.05, 4.69) is 6.92 Å². The van der Waals surface area contributed by atoms with Crippen molar-refractivity contribution in [2.24, 2.45) is 7.05 Å². The van der Waals surface area contributed by atoms with Gasteiger partial charge in [0.25, 0.3) is 0 Å². The van der Waals surface area contributed by atoms with Gasteiger partial charge in [0.1, 0.15) is 22.4 Å². The third-order valence-electron chi connectivity index (χ3n) is 4.36. The Morgan fingerprint density at radius 1 is 1.08 bits per heavy atom. The Bertz CT molecular complexity index is 980. The Hall–Kier alpha value is -2.40. The number of para-hydroxylation sites is 2. The zero-order valence-electron chi connectivity index (χ0n) is 15.1. The zero-order chi connectivity index (χ0) is 18.5. The molecule has 0 saturated carbocycles. The normalized spacial score (nSPS) is 11.0. The molecule has 0 fully saturated rings. The third-order valence-corrected chi connectivity index (χ3v) is 5.54. The summed E-state index contributed by atoms with van der Waals surface area (Å²) in [6, 6.07) is 17.2. The number of aromatic nitrogens is 2. The first-order valence-electron chi connectivity index (χ1n) is 8.87. The molecule has 0 unspecified atom stereocenters. The molecule has 1 heterocycles. The van der Waals surface area contributed by atoms with E-state index in [0.29, 0.717) is 17.6 Å². The molecule has 134 valence electrons. The molecule has 1 aromatic heterocycles. The van der Waals surface area contributed by atoms with Crippen molar-refractivity contribution in [1.82, 2.24) is 4.57 Å². The maximum atomic E-state index is 13.2. The Labute approximate surface area is 157 Å². The van der Waals surface area contributed by atoms with Crippen LogP contribution in [0.2, 0.25) is 0 Å². The predicted molar refractivity (Wildman–Crippen MR) is 106 cm³/mol. The molecular weight excluding hydrogens is 344 g/mol. The number of aryl methyl sites for hydroxylation is 1. The van der Waals surface area contributed by atoms with Crippen molar-refractivity contribution in [3.63, 3.8) is 0 Å². The molecule has 26 heavy (non-hydrogen) atoms. The smallest absolute Gasteiger partial charge is 0.299 e. The lowest BCUT2D eigenvalue weighted by Crippen LogP contribution is -2.41. The van der Waals surface area contributed by atoms with Crippen molar-refractivity contribution >= 4 is 28.4 Å². The summed E-state index contributed by atoms with van der Waals surface area (Å²) in [5, 5.41) is 1.44. The molecule has 0 saturated heterocycles. The van der Waals surface area contributed by atoms with E-state index in [-0.39, 0.29) is 11.3 Å². The number of hydrogen-bond acceptors (Lipinski definition) is 3. The highest BCUT2D eigenvalue weighted by atomic mass is 32.2. The van der Waals surface area contributed by atoms with Gasteiger partial charge >= 0.3 is 10.7 Å². The van der Waals surface area contributed by atoms with Gasteiger partial charge < -0.3 is 0 Å². The maximum absolute atomic E-state index is 13.2. The highest BCUT2D eigenvalue weighted by Crippen LogP contribution is 2.20. The van der Waals surface area contributed by atoms with Crippen LogP contribution in [0.3, 0.4) is 0 Å². The van der Waals surface area contributed by atoms with Gasteiger partial charge in [-0.15, -0.1) is 0 Å². The number of benzene rings is 2. The minimum atomic E-state index is -0.0617. The molecule has 2 aromatic carbocycles. The Morgan fingerprint density at radius 3 is 2.50 bits per heavy atom. The van der Waals surface area contributed by atoms with Crippen molar-refractivity contribution in [3.05, 3.63) is 65.0 Å². The van der Waals surface area contributed by atoms with Crippen LogP contribution >= 0.6 is 11.8 Å². The summed E-state index contributed by atoms with van der Waals surface area (Å²) >= 11 is 1.43. The van der Waals surface area contributed by atoms with Crippen LogP contribution in [0.25, 0.3) is 16.6 Å². The molecule has 0 aliphatic carbocycles. The average Bonchev–Trinajstić information content (AvgIpc) is 2.68. The molecule has 0 aliphatic rings. The largest absolute Gasteiger partial charge is 0.351 e. The molecule has 0 spiro atoms. The highest BCUT2D eigenvalue weighted by molar-refractivity contribution is 7.99. The molecule has 0 atom stereocenters. The molecule has 3 rings (SSSR count). The third kappa shape index (κ3) is 3.73. The van der Waals surface area contributed by atoms with Crippen LogP contribution in [-0.2, 0) is 11.8 Å². The first-order valence-corrected chi connectivity index (χ1v) is 9.85. The lowest BCUT2D eigenvalue weighted by molar-refractivity contribution is -0.689. The van der Waals surface area contributed by atoms with Gasteiger partial charge in [0.15, 0.2) is 0 Å². The van der Waals surface area contributed by atoms with Crippen LogP contribution in [0.1, 0.15) is 26.2 Å². The van der Waals surface area contributed by atoms with Gasteiger partial charge in [-0.25, -0.2) is 9.36 Å². The number of ketones is 1. The van der Waals surface area contributed by atoms with E-state index < -0.39 is 0 Å². The van der Waals surface area contributed by atoms with Crippen molar-refractivity contribution in [1.29, 1.82) is 0 Å². The average molecular weight is 367 g/mol. The fourth-order valence-corrected chi connectivity index (χ4v) is 4.01. The van der Waals surface area contributed by atoms with E-state index in [4.69, 9.17) is 0 Å². The van der Waals surface area contributed by atoms with E-state index in [1.54, 1.807) is 4.57 Å². The lowest BCUT2D eigenvalue weighted by atomic mass is 10.2. The van der Waals surface area contributed by atoms with Crippen molar-refractivity contribution in [3.8, 4) is 5.69 Å². The van der Waals surface area contributed by atoms with Gasteiger partial charge in [-0.2, -0.15) is 4.57 Å². The Kier molecular flexibility index (Phi) is 5.89. The van der Waals surface area contributed by atoms with E-state index in [9.17, 15) is 9.59 Å². The van der Waals surface area contributed by atoms with Crippen LogP contribution in [0.4, 0.5) is 0 Å². The van der Waals surface area contributed by atoms with E-state index in [1.165, 1.54) is 11.8 Å². The van der Waals surface area contributed by atoms with Gasteiger partial charge in [0.2, 0.25) is 0 Å². The summed E-state index contributed by atoms with van der Waals surface area (Å²) in [7, 11) is 1.94. The van der Waals surface area contributed by atoms with Crippen LogP contribution in [0.15, 0.2) is 64.5 Å². The quantitative estimate of drug-likeness (QED) is 0.364. The van der Waals surface area contributed by atoms with Crippen LogP contribution in [0, 0.1) is 0 Å². The number of fused-ring (bicyclic) bond motifs is 1. The second-order valence-electron chi connectivity index (χ2n) is 6.27. The molecule has 0 aliphatic heterocycles. The fraction of sp³-hybridized carbons (Fsp3) is 0.286. The van der Waals surface area contributed by atoms with Gasteiger partial charge in [0.05, 0.1) is 12.8 Å². The molecule has 5 heteroatoms. The van der Waals surface area contributed by atoms with Gasteiger partial charge in [0, 0.05) is 6.42 Å². The zero-order valence-corrected chi connectivity index (χ0v) is 16.0. The van der Waals surface area contributed by atoms with Crippen molar-refractivity contribution in [2.75, 3.05) is 5.75 Å². The van der Waals surface area contributed by atoms with Crippen LogP contribution < -0.4 is 10.1 Å². The van der Waals surface area contributed by atoms with Gasteiger partial charge in [-0.3, -0.25) is 4.79 Å². The Morgan fingerprint density at radius 2 is 1.77 bits per heavy atom. The summed E-state index contributed by atoms with van der Waals surface area (Å²) in [6.45, 7) is 2.08. The highest BCUT2D eigenvalue weighted by Gasteiger charge is 2.24. The van der Waals surface area contributed by atoms with Crippen LogP contribution in [0.5, 0.6) is 0 Å². The first kappa shape index (κ1) is 18.4. The molecule has 0 bridgehead atoms. The standard InChI is InChI=1S/C21H23N2O2S/c1-3-4-12-17(24)15-26-21-22(2)19-14-9-8-13-18(19)20(25)23(21)16-10-6-5-7-11-16/h5-11,13-14H,3-4,12,15H2,1-2H3/q+1. The minimum absolute atomic E-state index is 0.0617. The molecule has 3 aromatic rings. The molecular formula is C21H23N2O2S+. The predicted octanol–water partition coefficient (Wildman–Crippen LogP) is 3.67. The SMILES string of the molecule is CCCCC(=O)CSc1n(-c2ccccc2)c(=O)c2ccccc2[n+]1C. The van der Waals surface area contributed by atoms with Gasteiger partial charge in [-0.1, -0.05) is 43.7 Å². The van der Waals surface area contributed by atoms with Gasteiger partial charge in [-0.05, 0) is 42.4 Å². The number of nitrogens with zero attached hydrogens (tertiary/aromatic N) is 2. The topological polar surface area (TPSA) is 43.0 Å². The monoisotopic (exact) mass is 367 g/mol. The first-order chi connectivity index (χ1) is 12.6. The van der Waals surface area contributed by atoms with E-state index in [1.807, 2.05) is 66.2 Å². The number of hydrogen-bond donors (Lipinski definition) is 0. The number of rotatable bonds is 7. The van der Waals surface area contributed by atoms with E-state index >= 15 is 0 Å². The molecule has 0 amide bonds. The second kappa shape index (κ2) is 8.32. The molecule has 4 nitrogen and oxygen atoms in total. The van der Waals surface area contributed by atoms with Crippen molar-refractivity contribution in [2.45, 2.75) is 31.3 Å². The maximum Gasteiger partial charge on any atom is 0.351 e. The number of carbonyl (C=O) groups is 1. The number of thioether (sulfide) groups is 1. The summed E-state index contributed by atoms with van der Waals surface area (Å²) in [5.74, 6) is 0.593. The number of carbonyl (C=O) groups excluding carboxylic acids is 1. The fourth-order valence-electron chi connectivity index (χ4n) is 2.96. The second-order valence-corrected chi connectivity index (χ2v) is 7.21. The molecule has 0 N–H and O–H groups in total. The Balaban J connectivity index is 2.12. The summed E-state index contributed by atoms with van der Waals surface area (Å²) in [5.41, 5.74) is 1.61. The minimum Gasteiger partial charge on any atom is -0.299 e. The summed E-state index contributed by atoms with van der Waals surface area (Å²) in [6.07, 6.45) is 2.51. The van der Waals surface area contributed by atoms with Crippen molar-refractivity contribution < 1.29 is 9.36 Å².